The number of hydrogen-bond acceptors (Lipinski definition) is 5. The van der Waals surface area contributed by atoms with Crippen LogP contribution >= 0.6 is 0 Å². The van der Waals surface area contributed by atoms with Crippen LogP contribution < -0.4 is 5.32 Å². The van der Waals surface area contributed by atoms with Crippen molar-refractivity contribution in [2.45, 2.75) is 13.0 Å². The molecule has 0 aliphatic carbocycles. The van der Waals surface area contributed by atoms with E-state index >= 15 is 0 Å². The normalized spacial score (nSPS) is 12.4. The number of furan rings is 1. The Hall–Kier alpha value is -1.33. The Labute approximate surface area is 88.0 Å². The van der Waals surface area contributed by atoms with Crippen molar-refractivity contribution in [1.29, 1.82) is 0 Å². The molecular weight excluding hydrogens is 198 g/mol. The summed E-state index contributed by atoms with van der Waals surface area (Å²) in [5.41, 5.74) is 0. The smallest absolute Gasteiger partial charge is 0.319 e. The fourth-order valence-electron chi connectivity index (χ4n) is 1.10. The molecule has 1 rings (SSSR count). The zero-order chi connectivity index (χ0) is 11.1. The Bertz CT molecular complexity index is 284. The molecular formula is C10H15NO4. The SMILES string of the molecule is CCOC(=O)CNCC(O)c1ccco1. The first kappa shape index (κ1) is 11.7. The van der Waals surface area contributed by atoms with E-state index in [4.69, 9.17) is 9.15 Å². The van der Waals surface area contributed by atoms with Crippen molar-refractivity contribution in [3.05, 3.63) is 24.2 Å². The summed E-state index contributed by atoms with van der Waals surface area (Å²) in [5.74, 6) is 0.149. The van der Waals surface area contributed by atoms with Gasteiger partial charge in [-0.3, -0.25) is 4.79 Å². The Morgan fingerprint density at radius 1 is 1.73 bits per heavy atom. The van der Waals surface area contributed by atoms with Crippen LogP contribution in [0.15, 0.2) is 22.8 Å². The number of aliphatic hydroxyl groups excluding tert-OH is 1. The van der Waals surface area contributed by atoms with E-state index in [1.165, 1.54) is 6.26 Å². The number of aliphatic hydroxyl groups is 1. The third-order valence-electron chi connectivity index (χ3n) is 1.78. The molecule has 1 aromatic heterocycles. The molecule has 0 saturated carbocycles. The number of hydrogen-bond donors (Lipinski definition) is 2. The summed E-state index contributed by atoms with van der Waals surface area (Å²) in [7, 11) is 0. The van der Waals surface area contributed by atoms with Crippen molar-refractivity contribution in [3.63, 3.8) is 0 Å². The molecule has 1 unspecified atom stereocenters. The van der Waals surface area contributed by atoms with Gasteiger partial charge in [0.05, 0.1) is 19.4 Å². The van der Waals surface area contributed by atoms with Gasteiger partial charge in [0.2, 0.25) is 0 Å². The highest BCUT2D eigenvalue weighted by Crippen LogP contribution is 2.11. The van der Waals surface area contributed by atoms with Gasteiger partial charge in [0, 0.05) is 6.54 Å². The number of carbonyl (C=O) groups excluding carboxylic acids is 1. The predicted octanol–water partition coefficient (Wildman–Crippen LogP) is 0.466. The molecule has 1 heterocycles. The van der Waals surface area contributed by atoms with Gasteiger partial charge < -0.3 is 19.6 Å². The highest BCUT2D eigenvalue weighted by atomic mass is 16.5. The van der Waals surface area contributed by atoms with Crippen LogP contribution in [0.5, 0.6) is 0 Å². The molecule has 1 atom stereocenters. The second-order valence-electron chi connectivity index (χ2n) is 2.97. The minimum absolute atomic E-state index is 0.0889. The summed E-state index contributed by atoms with van der Waals surface area (Å²) in [5, 5.41) is 12.3. The summed E-state index contributed by atoms with van der Waals surface area (Å²) in [6.45, 7) is 2.45. The van der Waals surface area contributed by atoms with Crippen molar-refractivity contribution in [2.75, 3.05) is 19.7 Å². The Balaban J connectivity index is 2.18. The van der Waals surface area contributed by atoms with Gasteiger partial charge in [-0.15, -0.1) is 0 Å². The molecule has 1 aromatic rings. The number of ether oxygens (including phenoxy) is 1. The summed E-state index contributed by atoms with van der Waals surface area (Å²) in [6, 6.07) is 3.38. The fraction of sp³-hybridized carbons (Fsp3) is 0.500. The monoisotopic (exact) mass is 213 g/mol. The molecule has 0 amide bonds. The van der Waals surface area contributed by atoms with Gasteiger partial charge in [0.15, 0.2) is 0 Å². The van der Waals surface area contributed by atoms with Gasteiger partial charge in [0.1, 0.15) is 11.9 Å². The summed E-state index contributed by atoms with van der Waals surface area (Å²) >= 11 is 0. The van der Waals surface area contributed by atoms with Gasteiger partial charge in [-0.2, -0.15) is 0 Å². The Morgan fingerprint density at radius 3 is 3.13 bits per heavy atom. The van der Waals surface area contributed by atoms with Crippen molar-refractivity contribution >= 4 is 5.97 Å². The summed E-state index contributed by atoms with van der Waals surface area (Å²) in [6.07, 6.45) is 0.749. The van der Waals surface area contributed by atoms with E-state index in [1.54, 1.807) is 19.1 Å². The van der Waals surface area contributed by atoms with Crippen molar-refractivity contribution in [3.8, 4) is 0 Å². The largest absolute Gasteiger partial charge is 0.467 e. The maximum atomic E-state index is 10.9. The molecule has 84 valence electrons. The number of carbonyl (C=O) groups is 1. The van der Waals surface area contributed by atoms with Crippen LogP contribution in [0.1, 0.15) is 18.8 Å². The van der Waals surface area contributed by atoms with E-state index in [2.05, 4.69) is 5.32 Å². The highest BCUT2D eigenvalue weighted by Gasteiger charge is 2.10. The highest BCUT2D eigenvalue weighted by molar-refractivity contribution is 5.71. The van der Waals surface area contributed by atoms with Crippen molar-refractivity contribution < 1.29 is 19.1 Å². The van der Waals surface area contributed by atoms with E-state index in [0.717, 1.165) is 0 Å². The molecule has 15 heavy (non-hydrogen) atoms. The Morgan fingerprint density at radius 2 is 2.53 bits per heavy atom. The fourth-order valence-corrected chi connectivity index (χ4v) is 1.10. The van der Waals surface area contributed by atoms with Gasteiger partial charge >= 0.3 is 5.97 Å². The second-order valence-corrected chi connectivity index (χ2v) is 2.97. The third kappa shape index (κ3) is 4.14. The predicted molar refractivity (Wildman–Crippen MR) is 53.2 cm³/mol. The molecule has 2 N–H and O–H groups in total. The van der Waals surface area contributed by atoms with Crippen LogP contribution in [0.25, 0.3) is 0 Å². The number of nitrogens with one attached hydrogen (secondary N) is 1. The molecule has 0 aliphatic rings. The molecule has 0 aromatic carbocycles. The van der Waals surface area contributed by atoms with Crippen LogP contribution in [0.2, 0.25) is 0 Å². The van der Waals surface area contributed by atoms with Crippen LogP contribution in [-0.4, -0.2) is 30.8 Å². The van der Waals surface area contributed by atoms with Crippen molar-refractivity contribution in [1.82, 2.24) is 5.32 Å². The lowest BCUT2D eigenvalue weighted by Gasteiger charge is -2.08. The topological polar surface area (TPSA) is 71.7 Å². The average molecular weight is 213 g/mol. The van der Waals surface area contributed by atoms with E-state index in [0.29, 0.717) is 12.4 Å². The van der Waals surface area contributed by atoms with Crippen LogP contribution in [0.3, 0.4) is 0 Å². The lowest BCUT2D eigenvalue weighted by molar-refractivity contribution is -0.142. The zero-order valence-electron chi connectivity index (χ0n) is 8.60. The van der Waals surface area contributed by atoms with E-state index in [1.807, 2.05) is 0 Å². The second kappa shape index (κ2) is 6.21. The molecule has 5 nitrogen and oxygen atoms in total. The van der Waals surface area contributed by atoms with E-state index < -0.39 is 6.10 Å². The number of esters is 1. The molecule has 5 heteroatoms. The number of rotatable bonds is 6. The van der Waals surface area contributed by atoms with E-state index in [9.17, 15) is 9.90 Å². The van der Waals surface area contributed by atoms with Crippen LogP contribution in [0.4, 0.5) is 0 Å². The molecule has 0 bridgehead atoms. The van der Waals surface area contributed by atoms with Crippen LogP contribution in [0, 0.1) is 0 Å². The molecule has 0 spiro atoms. The minimum Gasteiger partial charge on any atom is -0.467 e. The van der Waals surface area contributed by atoms with Gasteiger partial charge in [0.25, 0.3) is 0 Å². The lowest BCUT2D eigenvalue weighted by Crippen LogP contribution is -2.28. The van der Waals surface area contributed by atoms with Gasteiger partial charge in [-0.05, 0) is 19.1 Å². The minimum atomic E-state index is -0.741. The molecule has 0 radical (unpaired) electrons. The molecule has 0 aliphatic heterocycles. The first-order valence-electron chi connectivity index (χ1n) is 4.81. The molecule has 0 saturated heterocycles. The first-order valence-corrected chi connectivity index (χ1v) is 4.81. The quantitative estimate of drug-likeness (QED) is 0.672. The standard InChI is InChI=1S/C10H15NO4/c1-2-14-10(13)7-11-6-8(12)9-4-3-5-15-9/h3-5,8,11-12H,2,6-7H2,1H3. The third-order valence-corrected chi connectivity index (χ3v) is 1.78. The Kier molecular flexibility index (Phi) is 4.86. The average Bonchev–Trinajstić information content (AvgIpc) is 2.70. The molecule has 0 fully saturated rings. The van der Waals surface area contributed by atoms with Gasteiger partial charge in [-0.25, -0.2) is 0 Å². The van der Waals surface area contributed by atoms with Crippen molar-refractivity contribution in [2.24, 2.45) is 0 Å². The summed E-state index contributed by atoms with van der Waals surface area (Å²) in [4.78, 5) is 10.9. The van der Waals surface area contributed by atoms with Gasteiger partial charge in [-0.1, -0.05) is 0 Å². The maximum Gasteiger partial charge on any atom is 0.319 e. The first-order chi connectivity index (χ1) is 7.24. The maximum absolute atomic E-state index is 10.9. The lowest BCUT2D eigenvalue weighted by atomic mass is 10.3. The summed E-state index contributed by atoms with van der Waals surface area (Å²) < 4.78 is 9.70. The van der Waals surface area contributed by atoms with E-state index in [-0.39, 0.29) is 19.1 Å². The zero-order valence-corrected chi connectivity index (χ0v) is 8.60. The van der Waals surface area contributed by atoms with Crippen LogP contribution in [-0.2, 0) is 9.53 Å².